The highest BCUT2D eigenvalue weighted by molar-refractivity contribution is 7.89. The molecule has 0 saturated heterocycles. The molecule has 1 atom stereocenters. The average Bonchev–Trinajstić information content (AvgIpc) is 2.75. The number of phenolic OH excluding ortho intramolecular Hbond substituents is 1. The van der Waals surface area contributed by atoms with Gasteiger partial charge in [0, 0.05) is 6.54 Å². The summed E-state index contributed by atoms with van der Waals surface area (Å²) in [6, 6.07) is 18.5. The fraction of sp³-hybridized carbons (Fsp3) is 0.292. The SMILES string of the molecule is CC(C)C(NS(=O)(=O)c1ccc2ccccc2c1)C(=O)NCCCc1ccc(O)cc1. The Morgan fingerprint density at radius 3 is 2.32 bits per heavy atom. The number of fused-ring (bicyclic) bond motifs is 1. The molecule has 0 aliphatic rings. The van der Waals surface area contributed by atoms with Crippen LogP contribution in [-0.2, 0) is 21.2 Å². The number of aromatic hydroxyl groups is 1. The van der Waals surface area contributed by atoms with Gasteiger partial charge in [0.15, 0.2) is 0 Å². The number of sulfonamides is 1. The van der Waals surface area contributed by atoms with Crippen LogP contribution < -0.4 is 10.0 Å². The van der Waals surface area contributed by atoms with E-state index in [-0.39, 0.29) is 22.5 Å². The highest BCUT2D eigenvalue weighted by Gasteiger charge is 2.28. The maximum absolute atomic E-state index is 12.9. The van der Waals surface area contributed by atoms with E-state index in [1.165, 1.54) is 0 Å². The van der Waals surface area contributed by atoms with Crippen LogP contribution in [-0.4, -0.2) is 32.0 Å². The van der Waals surface area contributed by atoms with E-state index in [1.54, 1.807) is 30.3 Å². The van der Waals surface area contributed by atoms with Gasteiger partial charge in [-0.1, -0.05) is 56.3 Å². The summed E-state index contributed by atoms with van der Waals surface area (Å²) in [6.07, 6.45) is 1.45. The molecule has 6 nitrogen and oxygen atoms in total. The van der Waals surface area contributed by atoms with Gasteiger partial charge in [0.05, 0.1) is 4.90 Å². The number of rotatable bonds is 9. The minimum absolute atomic E-state index is 0.136. The molecule has 0 aliphatic carbocycles. The molecule has 164 valence electrons. The van der Waals surface area contributed by atoms with E-state index in [0.717, 1.165) is 22.8 Å². The zero-order chi connectivity index (χ0) is 22.4. The number of phenols is 1. The van der Waals surface area contributed by atoms with Crippen molar-refractivity contribution in [3.8, 4) is 5.75 Å². The second-order valence-electron chi connectivity index (χ2n) is 7.91. The van der Waals surface area contributed by atoms with Crippen LogP contribution in [0, 0.1) is 5.92 Å². The second-order valence-corrected chi connectivity index (χ2v) is 9.63. The zero-order valence-electron chi connectivity index (χ0n) is 17.7. The molecule has 0 heterocycles. The van der Waals surface area contributed by atoms with E-state index in [0.29, 0.717) is 13.0 Å². The van der Waals surface area contributed by atoms with Gasteiger partial charge < -0.3 is 10.4 Å². The minimum atomic E-state index is -3.85. The summed E-state index contributed by atoms with van der Waals surface area (Å²) in [4.78, 5) is 12.8. The quantitative estimate of drug-likeness (QED) is 0.443. The Kier molecular flexibility index (Phi) is 7.30. The van der Waals surface area contributed by atoms with E-state index in [2.05, 4.69) is 10.0 Å². The Hall–Kier alpha value is -2.90. The van der Waals surface area contributed by atoms with Crippen molar-refractivity contribution in [1.82, 2.24) is 10.0 Å². The van der Waals surface area contributed by atoms with Gasteiger partial charge in [0.2, 0.25) is 15.9 Å². The third-order valence-corrected chi connectivity index (χ3v) is 6.58. The van der Waals surface area contributed by atoms with E-state index in [4.69, 9.17) is 0 Å². The van der Waals surface area contributed by atoms with Crippen LogP contribution in [0.3, 0.4) is 0 Å². The van der Waals surface area contributed by atoms with Crippen molar-refractivity contribution in [1.29, 1.82) is 0 Å². The van der Waals surface area contributed by atoms with Crippen LogP contribution in [0.1, 0.15) is 25.8 Å². The molecule has 0 radical (unpaired) electrons. The van der Waals surface area contributed by atoms with Crippen molar-refractivity contribution < 1.29 is 18.3 Å². The first-order valence-electron chi connectivity index (χ1n) is 10.3. The van der Waals surface area contributed by atoms with Gasteiger partial charge >= 0.3 is 0 Å². The molecule has 7 heteroatoms. The average molecular weight is 441 g/mol. The molecular formula is C24H28N2O4S. The van der Waals surface area contributed by atoms with Gasteiger partial charge in [-0.2, -0.15) is 4.72 Å². The standard InChI is InChI=1S/C24H28N2O4S/c1-17(2)23(24(28)25-15-5-6-18-9-12-21(27)13-10-18)26-31(29,30)22-14-11-19-7-3-4-8-20(19)16-22/h3-4,7-14,16-17,23,26-27H,5-6,15H2,1-2H3,(H,25,28). The van der Waals surface area contributed by atoms with Crippen molar-refractivity contribution in [2.45, 2.75) is 37.6 Å². The lowest BCUT2D eigenvalue weighted by molar-refractivity contribution is -0.123. The first-order chi connectivity index (χ1) is 14.8. The number of benzene rings is 3. The van der Waals surface area contributed by atoms with E-state index in [9.17, 15) is 18.3 Å². The number of aryl methyl sites for hydroxylation is 1. The molecule has 0 aromatic heterocycles. The summed E-state index contributed by atoms with van der Waals surface area (Å²) < 4.78 is 28.4. The predicted molar refractivity (Wildman–Crippen MR) is 122 cm³/mol. The van der Waals surface area contributed by atoms with E-state index < -0.39 is 16.1 Å². The highest BCUT2D eigenvalue weighted by Crippen LogP contribution is 2.20. The molecule has 0 bridgehead atoms. The third-order valence-electron chi connectivity index (χ3n) is 5.14. The van der Waals surface area contributed by atoms with Gasteiger partial charge in [-0.25, -0.2) is 8.42 Å². The molecule has 31 heavy (non-hydrogen) atoms. The van der Waals surface area contributed by atoms with Gasteiger partial charge in [-0.15, -0.1) is 0 Å². The lowest BCUT2D eigenvalue weighted by Crippen LogP contribution is -2.49. The molecule has 3 rings (SSSR count). The van der Waals surface area contributed by atoms with Crippen LogP contribution in [0.25, 0.3) is 10.8 Å². The Balaban J connectivity index is 1.61. The van der Waals surface area contributed by atoms with Crippen LogP contribution in [0.2, 0.25) is 0 Å². The lowest BCUT2D eigenvalue weighted by Gasteiger charge is -2.22. The number of amides is 1. The molecule has 1 unspecified atom stereocenters. The first kappa shape index (κ1) is 22.8. The predicted octanol–water partition coefficient (Wildman–Crippen LogP) is 3.60. The van der Waals surface area contributed by atoms with Crippen LogP contribution in [0.15, 0.2) is 71.6 Å². The molecule has 0 spiro atoms. The summed E-state index contributed by atoms with van der Waals surface area (Å²) in [5, 5.41) is 13.9. The highest BCUT2D eigenvalue weighted by atomic mass is 32.2. The van der Waals surface area contributed by atoms with Gasteiger partial charge in [-0.05, 0) is 59.4 Å². The molecule has 0 saturated carbocycles. The van der Waals surface area contributed by atoms with Crippen molar-refractivity contribution >= 4 is 26.7 Å². The number of hydrogen-bond acceptors (Lipinski definition) is 4. The van der Waals surface area contributed by atoms with E-state index >= 15 is 0 Å². The first-order valence-corrected chi connectivity index (χ1v) is 11.8. The maximum atomic E-state index is 12.9. The lowest BCUT2D eigenvalue weighted by atomic mass is 10.0. The molecular weight excluding hydrogens is 412 g/mol. The van der Waals surface area contributed by atoms with Crippen LogP contribution >= 0.6 is 0 Å². The molecule has 1 amide bonds. The maximum Gasteiger partial charge on any atom is 0.241 e. The molecule has 3 N–H and O–H groups in total. The Morgan fingerprint density at radius 2 is 1.65 bits per heavy atom. The monoisotopic (exact) mass is 440 g/mol. The van der Waals surface area contributed by atoms with Crippen molar-refractivity contribution in [2.75, 3.05) is 6.54 Å². The summed E-state index contributed by atoms with van der Waals surface area (Å²) in [6.45, 7) is 4.05. The Labute approximate surface area is 183 Å². The van der Waals surface area contributed by atoms with Gasteiger partial charge in [-0.3, -0.25) is 4.79 Å². The summed E-state index contributed by atoms with van der Waals surface area (Å²) in [5.74, 6) is -0.340. The summed E-state index contributed by atoms with van der Waals surface area (Å²) in [7, 11) is -3.85. The van der Waals surface area contributed by atoms with Gasteiger partial charge in [0.25, 0.3) is 0 Å². The second kappa shape index (κ2) is 9.94. The number of carbonyl (C=O) groups excluding carboxylic acids is 1. The van der Waals surface area contributed by atoms with Crippen LogP contribution in [0.5, 0.6) is 5.75 Å². The largest absolute Gasteiger partial charge is 0.508 e. The third kappa shape index (κ3) is 6.06. The summed E-state index contributed by atoms with van der Waals surface area (Å²) in [5.41, 5.74) is 1.06. The molecule has 0 fully saturated rings. The van der Waals surface area contributed by atoms with Crippen LogP contribution in [0.4, 0.5) is 0 Å². The normalized spacial score (nSPS) is 12.7. The van der Waals surface area contributed by atoms with Gasteiger partial charge in [0.1, 0.15) is 11.8 Å². The smallest absolute Gasteiger partial charge is 0.241 e. The minimum Gasteiger partial charge on any atom is -0.508 e. The number of hydrogen-bond donors (Lipinski definition) is 3. The molecule has 3 aromatic rings. The molecule has 3 aromatic carbocycles. The van der Waals surface area contributed by atoms with Crippen molar-refractivity contribution in [3.63, 3.8) is 0 Å². The van der Waals surface area contributed by atoms with Crippen molar-refractivity contribution in [3.05, 3.63) is 72.3 Å². The van der Waals surface area contributed by atoms with Crippen molar-refractivity contribution in [2.24, 2.45) is 5.92 Å². The fourth-order valence-electron chi connectivity index (χ4n) is 3.34. The number of nitrogens with one attached hydrogen (secondary N) is 2. The zero-order valence-corrected chi connectivity index (χ0v) is 18.5. The summed E-state index contributed by atoms with van der Waals surface area (Å²) >= 11 is 0. The Bertz CT molecular complexity index is 1140. The molecule has 0 aliphatic heterocycles. The van der Waals surface area contributed by atoms with E-state index in [1.807, 2.05) is 50.2 Å². The fourth-order valence-corrected chi connectivity index (χ4v) is 4.72. The topological polar surface area (TPSA) is 95.5 Å². The number of carbonyl (C=O) groups is 1. The Morgan fingerprint density at radius 1 is 0.968 bits per heavy atom.